The zero-order chi connectivity index (χ0) is 17.1. The smallest absolute Gasteiger partial charge is 0.227 e. The number of carbonyl (C=O) groups is 1. The fourth-order valence-electron chi connectivity index (χ4n) is 3.11. The second kappa shape index (κ2) is 6.91. The topological polar surface area (TPSA) is 49.8 Å². The van der Waals surface area contributed by atoms with Gasteiger partial charge in [0, 0.05) is 19.0 Å². The van der Waals surface area contributed by atoms with Crippen LogP contribution >= 0.6 is 0 Å². The quantitative estimate of drug-likeness (QED) is 0.938. The van der Waals surface area contributed by atoms with Crippen LogP contribution in [0.2, 0.25) is 0 Å². The monoisotopic (exact) mass is 329 g/mol. The van der Waals surface area contributed by atoms with Crippen LogP contribution in [0.4, 0.5) is 4.39 Å². The number of phenols is 1. The number of rotatable bonds is 4. The number of methoxy groups -OCH3 is 1. The fourth-order valence-corrected chi connectivity index (χ4v) is 3.11. The second-order valence-electron chi connectivity index (χ2n) is 6.06. The molecule has 2 aromatic rings. The molecule has 1 amide bonds. The molecule has 126 valence electrons. The van der Waals surface area contributed by atoms with Gasteiger partial charge in [0.25, 0.3) is 0 Å². The highest BCUT2D eigenvalue weighted by Gasteiger charge is 2.27. The number of hydrogen-bond donors (Lipinski definition) is 1. The third-order valence-corrected chi connectivity index (χ3v) is 4.48. The van der Waals surface area contributed by atoms with E-state index >= 15 is 0 Å². The van der Waals surface area contributed by atoms with E-state index in [0.717, 1.165) is 17.5 Å². The molecule has 1 aliphatic heterocycles. The number of halogens is 1. The van der Waals surface area contributed by atoms with Crippen molar-refractivity contribution in [3.05, 3.63) is 59.4 Å². The van der Waals surface area contributed by atoms with Crippen LogP contribution in [0.5, 0.6) is 11.5 Å². The summed E-state index contributed by atoms with van der Waals surface area (Å²) in [5.41, 5.74) is 1.87. The summed E-state index contributed by atoms with van der Waals surface area (Å²) < 4.78 is 18.1. The molecule has 0 aliphatic carbocycles. The molecule has 5 heteroatoms. The molecule has 4 nitrogen and oxygen atoms in total. The van der Waals surface area contributed by atoms with Gasteiger partial charge in [-0.05, 0) is 41.8 Å². The van der Waals surface area contributed by atoms with E-state index in [1.807, 2.05) is 4.90 Å². The van der Waals surface area contributed by atoms with Crippen molar-refractivity contribution in [2.75, 3.05) is 20.2 Å². The molecule has 1 aliphatic rings. The normalized spacial score (nSPS) is 17.1. The summed E-state index contributed by atoms with van der Waals surface area (Å²) in [4.78, 5) is 14.3. The summed E-state index contributed by atoms with van der Waals surface area (Å²) in [6.45, 7) is 1.36. The lowest BCUT2D eigenvalue weighted by Gasteiger charge is -2.17. The summed E-state index contributed by atoms with van der Waals surface area (Å²) in [6, 6.07) is 11.4. The van der Waals surface area contributed by atoms with Crippen LogP contribution in [-0.2, 0) is 11.2 Å². The van der Waals surface area contributed by atoms with Gasteiger partial charge in [0.15, 0.2) is 11.5 Å². The average Bonchev–Trinajstić information content (AvgIpc) is 3.07. The highest BCUT2D eigenvalue weighted by Crippen LogP contribution is 2.29. The first-order valence-electron chi connectivity index (χ1n) is 7.96. The molecule has 1 atom stereocenters. The molecule has 1 heterocycles. The number of benzene rings is 2. The van der Waals surface area contributed by atoms with Gasteiger partial charge in [-0.2, -0.15) is 0 Å². The molecule has 0 bridgehead atoms. The molecule has 0 aromatic heterocycles. The molecule has 1 fully saturated rings. The molecule has 0 radical (unpaired) electrons. The Kier molecular flexibility index (Phi) is 4.69. The minimum Gasteiger partial charge on any atom is -0.504 e. The number of hydrogen-bond acceptors (Lipinski definition) is 3. The highest BCUT2D eigenvalue weighted by molar-refractivity contribution is 5.79. The van der Waals surface area contributed by atoms with E-state index in [1.54, 1.807) is 24.3 Å². The van der Waals surface area contributed by atoms with E-state index in [2.05, 4.69) is 0 Å². The van der Waals surface area contributed by atoms with Gasteiger partial charge in [0.2, 0.25) is 5.91 Å². The minimum absolute atomic E-state index is 0.0485. The maximum absolute atomic E-state index is 13.0. The first kappa shape index (κ1) is 16.3. The average molecular weight is 329 g/mol. The van der Waals surface area contributed by atoms with Gasteiger partial charge in [-0.3, -0.25) is 4.79 Å². The Morgan fingerprint density at radius 2 is 2.04 bits per heavy atom. The first-order chi connectivity index (χ1) is 11.6. The number of carbonyl (C=O) groups excluding carboxylic acids is 1. The van der Waals surface area contributed by atoms with Gasteiger partial charge in [-0.15, -0.1) is 0 Å². The molecule has 3 rings (SSSR count). The number of likely N-dealkylation sites (tertiary alicyclic amines) is 1. The van der Waals surface area contributed by atoms with E-state index in [1.165, 1.54) is 25.3 Å². The van der Waals surface area contributed by atoms with Gasteiger partial charge >= 0.3 is 0 Å². The van der Waals surface area contributed by atoms with Gasteiger partial charge in [-0.1, -0.05) is 18.2 Å². The van der Waals surface area contributed by atoms with Crippen LogP contribution in [0.1, 0.15) is 23.5 Å². The molecule has 2 aromatic carbocycles. The van der Waals surface area contributed by atoms with Crippen molar-refractivity contribution in [1.29, 1.82) is 0 Å². The molecular formula is C19H20FNO3. The molecule has 0 spiro atoms. The van der Waals surface area contributed by atoms with Crippen LogP contribution in [0.3, 0.4) is 0 Å². The number of aromatic hydroxyl groups is 1. The van der Waals surface area contributed by atoms with E-state index < -0.39 is 0 Å². The lowest BCUT2D eigenvalue weighted by molar-refractivity contribution is -0.129. The van der Waals surface area contributed by atoms with Crippen LogP contribution in [0.15, 0.2) is 42.5 Å². The van der Waals surface area contributed by atoms with Crippen molar-refractivity contribution < 1.29 is 19.0 Å². The van der Waals surface area contributed by atoms with Crippen LogP contribution in [-0.4, -0.2) is 36.1 Å². The van der Waals surface area contributed by atoms with E-state index in [-0.39, 0.29) is 29.8 Å². The largest absolute Gasteiger partial charge is 0.504 e. The molecular weight excluding hydrogens is 309 g/mol. The summed E-state index contributed by atoms with van der Waals surface area (Å²) in [7, 11) is 1.48. The number of amides is 1. The predicted octanol–water partition coefficient (Wildman–Crippen LogP) is 3.10. The molecule has 0 saturated carbocycles. The second-order valence-corrected chi connectivity index (χ2v) is 6.06. The minimum atomic E-state index is -0.244. The highest BCUT2D eigenvalue weighted by atomic mass is 19.1. The van der Waals surface area contributed by atoms with Crippen LogP contribution < -0.4 is 4.74 Å². The molecule has 1 saturated heterocycles. The number of ether oxygens (including phenoxy) is 1. The summed E-state index contributed by atoms with van der Waals surface area (Å²) in [5, 5.41) is 9.61. The molecule has 24 heavy (non-hydrogen) atoms. The maximum Gasteiger partial charge on any atom is 0.227 e. The van der Waals surface area contributed by atoms with Crippen LogP contribution in [0.25, 0.3) is 0 Å². The van der Waals surface area contributed by atoms with Gasteiger partial charge in [0.05, 0.1) is 13.5 Å². The lowest BCUT2D eigenvalue weighted by Crippen LogP contribution is -2.29. The zero-order valence-corrected chi connectivity index (χ0v) is 13.5. The van der Waals surface area contributed by atoms with Gasteiger partial charge < -0.3 is 14.7 Å². The Hall–Kier alpha value is -2.56. The van der Waals surface area contributed by atoms with Crippen molar-refractivity contribution in [3.8, 4) is 11.5 Å². The van der Waals surface area contributed by atoms with Crippen molar-refractivity contribution in [3.63, 3.8) is 0 Å². The summed E-state index contributed by atoms with van der Waals surface area (Å²) in [6.07, 6.45) is 1.16. The van der Waals surface area contributed by atoms with Gasteiger partial charge in [-0.25, -0.2) is 4.39 Å². The predicted molar refractivity (Wildman–Crippen MR) is 88.7 cm³/mol. The Labute approximate surface area is 140 Å². The Balaban J connectivity index is 1.63. The van der Waals surface area contributed by atoms with E-state index in [0.29, 0.717) is 18.8 Å². The van der Waals surface area contributed by atoms with Crippen molar-refractivity contribution >= 4 is 5.91 Å². The first-order valence-corrected chi connectivity index (χ1v) is 7.96. The Bertz CT molecular complexity index is 730. The Morgan fingerprint density at radius 1 is 1.29 bits per heavy atom. The van der Waals surface area contributed by atoms with E-state index in [9.17, 15) is 14.3 Å². The zero-order valence-electron chi connectivity index (χ0n) is 13.5. The van der Waals surface area contributed by atoms with E-state index in [4.69, 9.17) is 4.74 Å². The Morgan fingerprint density at radius 3 is 2.75 bits per heavy atom. The van der Waals surface area contributed by atoms with Crippen LogP contribution in [0, 0.1) is 5.82 Å². The third-order valence-electron chi connectivity index (χ3n) is 4.48. The molecule has 0 unspecified atom stereocenters. The third kappa shape index (κ3) is 3.50. The SMILES string of the molecule is COc1cc(CC(=O)N2CC[C@@H](c3ccc(F)cc3)C2)ccc1O. The van der Waals surface area contributed by atoms with Crippen molar-refractivity contribution in [2.24, 2.45) is 0 Å². The van der Waals surface area contributed by atoms with Crippen molar-refractivity contribution in [1.82, 2.24) is 4.90 Å². The number of phenolic OH excluding ortho intramolecular Hbond substituents is 1. The lowest BCUT2D eigenvalue weighted by atomic mass is 9.98. The standard InChI is InChI=1S/C19H20FNO3/c1-24-18-10-13(2-7-17(18)22)11-19(23)21-9-8-15(12-21)14-3-5-16(20)6-4-14/h2-7,10,15,22H,8-9,11-12H2,1H3/t15-/m1/s1. The van der Waals surface area contributed by atoms with Gasteiger partial charge in [0.1, 0.15) is 5.82 Å². The fraction of sp³-hybridized carbons (Fsp3) is 0.316. The van der Waals surface area contributed by atoms with Crippen molar-refractivity contribution in [2.45, 2.75) is 18.8 Å². The molecule has 1 N–H and O–H groups in total. The maximum atomic E-state index is 13.0. The summed E-state index contributed by atoms with van der Waals surface area (Å²) >= 11 is 0. The summed E-state index contributed by atoms with van der Waals surface area (Å²) in [5.74, 6) is 0.486. The number of nitrogens with zero attached hydrogens (tertiary/aromatic N) is 1.